The molecule has 0 radical (unpaired) electrons. The fraction of sp³-hybridized carbons (Fsp3) is 0.333. The monoisotopic (exact) mass is 272 g/mol. The molecule has 0 saturated carbocycles. The number of hydrogen-bond donors (Lipinski definition) is 1. The van der Waals surface area contributed by atoms with Gasteiger partial charge in [-0.2, -0.15) is 0 Å². The molecule has 0 aliphatic heterocycles. The third kappa shape index (κ3) is 3.45. The average Bonchev–Trinajstić information content (AvgIpc) is 2.48. The van der Waals surface area contributed by atoms with Crippen LogP contribution in [0.4, 0.5) is 11.5 Å². The predicted octanol–water partition coefficient (Wildman–Crippen LogP) is 2.28. The van der Waals surface area contributed by atoms with Crippen LogP contribution < -0.4 is 15.4 Å². The molecule has 0 saturated heterocycles. The summed E-state index contributed by atoms with van der Waals surface area (Å²) in [6, 6.07) is 10.1. The van der Waals surface area contributed by atoms with Gasteiger partial charge in [-0.05, 0) is 37.6 Å². The van der Waals surface area contributed by atoms with E-state index in [4.69, 9.17) is 10.5 Å². The maximum atomic E-state index is 5.63. The van der Waals surface area contributed by atoms with Gasteiger partial charge in [0, 0.05) is 18.3 Å². The Bertz CT molecular complexity index is 559. The number of ether oxygens (including phenoxy) is 1. The van der Waals surface area contributed by atoms with Crippen molar-refractivity contribution in [3.63, 3.8) is 0 Å². The molecule has 0 bridgehead atoms. The second-order valence-electron chi connectivity index (χ2n) is 4.55. The summed E-state index contributed by atoms with van der Waals surface area (Å²) in [5.74, 6) is 1.37. The quantitative estimate of drug-likeness (QED) is 0.874. The summed E-state index contributed by atoms with van der Waals surface area (Å²) in [6.45, 7) is 3.52. The normalized spacial score (nSPS) is 10.3. The van der Waals surface area contributed by atoms with E-state index in [9.17, 15) is 0 Å². The van der Waals surface area contributed by atoms with E-state index in [1.54, 1.807) is 7.11 Å². The highest BCUT2D eigenvalue weighted by Gasteiger charge is 2.11. The lowest BCUT2D eigenvalue weighted by atomic mass is 10.2. The van der Waals surface area contributed by atoms with Crippen molar-refractivity contribution in [3.05, 3.63) is 42.2 Å². The van der Waals surface area contributed by atoms with Gasteiger partial charge in [0.2, 0.25) is 5.88 Å². The first-order valence-electron chi connectivity index (χ1n) is 6.65. The molecule has 106 valence electrons. The van der Waals surface area contributed by atoms with Crippen LogP contribution >= 0.6 is 0 Å². The maximum Gasteiger partial charge on any atom is 0.218 e. The molecular weight excluding hydrogens is 252 g/mol. The molecule has 1 heterocycles. The fourth-order valence-corrected chi connectivity index (χ4v) is 2.01. The summed E-state index contributed by atoms with van der Waals surface area (Å²) in [4.78, 5) is 10.5. The molecule has 0 atom stereocenters. The smallest absolute Gasteiger partial charge is 0.218 e. The van der Waals surface area contributed by atoms with E-state index in [0.29, 0.717) is 12.4 Å². The summed E-state index contributed by atoms with van der Waals surface area (Å²) in [5, 5.41) is 0. The van der Waals surface area contributed by atoms with Gasteiger partial charge in [0.1, 0.15) is 12.1 Å². The molecule has 0 aliphatic rings. The number of aryl methyl sites for hydroxylation is 1. The topological polar surface area (TPSA) is 64.3 Å². The van der Waals surface area contributed by atoms with E-state index >= 15 is 0 Å². The van der Waals surface area contributed by atoms with Gasteiger partial charge in [0.05, 0.1) is 7.11 Å². The van der Waals surface area contributed by atoms with Gasteiger partial charge in [-0.25, -0.2) is 9.97 Å². The molecule has 0 aliphatic carbocycles. The van der Waals surface area contributed by atoms with Gasteiger partial charge in [0.15, 0.2) is 0 Å². The molecule has 0 fully saturated rings. The van der Waals surface area contributed by atoms with Crippen LogP contribution in [-0.4, -0.2) is 30.2 Å². The fourth-order valence-electron chi connectivity index (χ4n) is 2.01. The molecule has 2 N–H and O–H groups in total. The first-order chi connectivity index (χ1) is 9.74. The Balaban J connectivity index is 2.35. The summed E-state index contributed by atoms with van der Waals surface area (Å²) < 4.78 is 5.17. The zero-order valence-electron chi connectivity index (χ0n) is 11.9. The molecule has 5 nitrogen and oxygen atoms in total. The van der Waals surface area contributed by atoms with E-state index in [0.717, 1.165) is 24.5 Å². The molecule has 1 aromatic carbocycles. The van der Waals surface area contributed by atoms with E-state index in [1.807, 2.05) is 12.1 Å². The number of nitrogens with two attached hydrogens (primary N) is 1. The van der Waals surface area contributed by atoms with Crippen molar-refractivity contribution in [2.24, 2.45) is 5.73 Å². The second-order valence-corrected chi connectivity index (χ2v) is 4.55. The third-order valence-corrected chi connectivity index (χ3v) is 3.01. The summed E-state index contributed by atoms with van der Waals surface area (Å²) in [6.07, 6.45) is 2.40. The standard InChI is InChI=1S/C15H20N4O/c1-12-5-3-6-13(9-12)19(8-4-7-16)14-10-15(20-2)18-11-17-14/h3,5-6,9-11H,4,7-8,16H2,1-2H3. The summed E-state index contributed by atoms with van der Waals surface area (Å²) in [5.41, 5.74) is 7.94. The Morgan fingerprint density at radius 2 is 2.10 bits per heavy atom. The molecule has 5 heteroatoms. The van der Waals surface area contributed by atoms with Crippen LogP contribution in [0.5, 0.6) is 5.88 Å². The van der Waals surface area contributed by atoms with Crippen LogP contribution in [0.3, 0.4) is 0 Å². The molecule has 2 aromatic rings. The van der Waals surface area contributed by atoms with Gasteiger partial charge in [-0.1, -0.05) is 12.1 Å². The number of methoxy groups -OCH3 is 1. The van der Waals surface area contributed by atoms with Crippen molar-refractivity contribution in [2.75, 3.05) is 25.1 Å². The number of aromatic nitrogens is 2. The number of hydrogen-bond acceptors (Lipinski definition) is 5. The lowest BCUT2D eigenvalue weighted by Gasteiger charge is -2.24. The zero-order valence-corrected chi connectivity index (χ0v) is 11.9. The van der Waals surface area contributed by atoms with E-state index in [-0.39, 0.29) is 0 Å². The number of nitrogens with zero attached hydrogens (tertiary/aromatic N) is 3. The Kier molecular flexibility index (Phi) is 4.90. The van der Waals surface area contributed by atoms with Crippen molar-refractivity contribution in [1.29, 1.82) is 0 Å². The lowest BCUT2D eigenvalue weighted by Crippen LogP contribution is -2.22. The predicted molar refractivity (Wildman–Crippen MR) is 80.4 cm³/mol. The average molecular weight is 272 g/mol. The number of benzene rings is 1. The van der Waals surface area contributed by atoms with E-state index in [1.165, 1.54) is 11.9 Å². The second kappa shape index (κ2) is 6.86. The highest BCUT2D eigenvalue weighted by molar-refractivity contribution is 5.61. The largest absolute Gasteiger partial charge is 0.481 e. The van der Waals surface area contributed by atoms with Crippen LogP contribution in [0, 0.1) is 6.92 Å². The zero-order chi connectivity index (χ0) is 14.4. The van der Waals surface area contributed by atoms with Gasteiger partial charge >= 0.3 is 0 Å². The van der Waals surface area contributed by atoms with E-state index in [2.05, 4.69) is 40.0 Å². The number of anilines is 2. The van der Waals surface area contributed by atoms with Crippen LogP contribution in [0.25, 0.3) is 0 Å². The summed E-state index contributed by atoms with van der Waals surface area (Å²) in [7, 11) is 1.60. The molecule has 0 unspecified atom stereocenters. The first kappa shape index (κ1) is 14.3. The van der Waals surface area contributed by atoms with E-state index < -0.39 is 0 Å². The third-order valence-electron chi connectivity index (χ3n) is 3.01. The highest BCUT2D eigenvalue weighted by atomic mass is 16.5. The van der Waals surface area contributed by atoms with Gasteiger partial charge in [-0.15, -0.1) is 0 Å². The van der Waals surface area contributed by atoms with Crippen molar-refractivity contribution >= 4 is 11.5 Å². The van der Waals surface area contributed by atoms with Crippen molar-refractivity contribution in [1.82, 2.24) is 9.97 Å². The minimum atomic E-state index is 0.556. The van der Waals surface area contributed by atoms with Crippen LogP contribution in [0.2, 0.25) is 0 Å². The molecule has 0 amide bonds. The highest BCUT2D eigenvalue weighted by Crippen LogP contribution is 2.26. The Morgan fingerprint density at radius 1 is 1.25 bits per heavy atom. The maximum absolute atomic E-state index is 5.63. The van der Waals surface area contributed by atoms with Crippen LogP contribution in [-0.2, 0) is 0 Å². The molecular formula is C15H20N4O. The molecule has 20 heavy (non-hydrogen) atoms. The van der Waals surface area contributed by atoms with Crippen LogP contribution in [0.15, 0.2) is 36.7 Å². The minimum absolute atomic E-state index is 0.556. The lowest BCUT2D eigenvalue weighted by molar-refractivity contribution is 0.397. The minimum Gasteiger partial charge on any atom is -0.481 e. The van der Waals surface area contributed by atoms with Crippen LogP contribution in [0.1, 0.15) is 12.0 Å². The first-order valence-corrected chi connectivity index (χ1v) is 6.65. The summed E-state index contributed by atoms with van der Waals surface area (Å²) >= 11 is 0. The van der Waals surface area contributed by atoms with Gasteiger partial charge in [-0.3, -0.25) is 0 Å². The Labute approximate surface area is 119 Å². The van der Waals surface area contributed by atoms with Crippen molar-refractivity contribution < 1.29 is 4.74 Å². The van der Waals surface area contributed by atoms with Crippen molar-refractivity contribution in [2.45, 2.75) is 13.3 Å². The Hall–Kier alpha value is -2.14. The number of rotatable bonds is 6. The Morgan fingerprint density at radius 3 is 2.80 bits per heavy atom. The van der Waals surface area contributed by atoms with Gasteiger partial charge in [0.25, 0.3) is 0 Å². The molecule has 2 rings (SSSR count). The molecule has 1 aromatic heterocycles. The van der Waals surface area contributed by atoms with Gasteiger partial charge < -0.3 is 15.4 Å². The molecule has 0 spiro atoms. The SMILES string of the molecule is COc1cc(N(CCCN)c2cccc(C)c2)ncn1. The van der Waals surface area contributed by atoms with Crippen molar-refractivity contribution in [3.8, 4) is 5.88 Å².